The van der Waals surface area contributed by atoms with Crippen LogP contribution in [0, 0.1) is 0 Å². The van der Waals surface area contributed by atoms with E-state index in [1.807, 2.05) is 0 Å². The van der Waals surface area contributed by atoms with Crippen molar-refractivity contribution in [3.63, 3.8) is 0 Å². The molecule has 1 heterocycles. The lowest BCUT2D eigenvalue weighted by Gasteiger charge is -2.19. The van der Waals surface area contributed by atoms with Gasteiger partial charge in [-0.05, 0) is 12.1 Å². The van der Waals surface area contributed by atoms with Crippen LogP contribution in [0.15, 0.2) is 18.3 Å². The lowest BCUT2D eigenvalue weighted by atomic mass is 10.0. The molecular weight excluding hydrogens is 211 g/mol. The summed E-state index contributed by atoms with van der Waals surface area (Å²) in [5, 5.41) is 8.43. The predicted octanol–water partition coefficient (Wildman–Crippen LogP) is 2.15. The number of hydrogen-bond acceptors (Lipinski definition) is 1. The third-order valence-corrected chi connectivity index (χ3v) is 2.11. The average Bonchev–Trinajstić information content (AvgIpc) is 2.45. The molecule has 1 N–H and O–H groups in total. The van der Waals surface area contributed by atoms with Crippen LogP contribution in [0.1, 0.15) is 18.0 Å². The highest BCUT2D eigenvalue weighted by atomic mass is 19.4. The zero-order valence-corrected chi connectivity index (χ0v) is 7.95. The van der Waals surface area contributed by atoms with E-state index in [-0.39, 0.29) is 5.69 Å². The molecule has 0 aliphatic rings. The van der Waals surface area contributed by atoms with Crippen LogP contribution in [-0.4, -0.2) is 21.8 Å². The van der Waals surface area contributed by atoms with E-state index in [9.17, 15) is 18.0 Å². The Morgan fingerprint density at radius 1 is 1.60 bits per heavy atom. The van der Waals surface area contributed by atoms with Crippen LogP contribution in [0.25, 0.3) is 0 Å². The third-order valence-electron chi connectivity index (χ3n) is 2.11. The number of carboxylic acids is 1. The van der Waals surface area contributed by atoms with Gasteiger partial charge in [-0.2, -0.15) is 13.2 Å². The molecule has 1 unspecified atom stereocenters. The average molecular weight is 221 g/mol. The van der Waals surface area contributed by atoms with Crippen molar-refractivity contribution >= 4 is 5.97 Å². The smallest absolute Gasteiger partial charge is 0.397 e. The summed E-state index contributed by atoms with van der Waals surface area (Å²) in [7, 11) is 1.45. The van der Waals surface area contributed by atoms with Crippen LogP contribution in [0.2, 0.25) is 0 Å². The van der Waals surface area contributed by atoms with Gasteiger partial charge < -0.3 is 9.67 Å². The second-order valence-electron chi connectivity index (χ2n) is 3.24. The number of carboxylic acid groups (broad SMARTS) is 1. The van der Waals surface area contributed by atoms with E-state index in [0.29, 0.717) is 0 Å². The fourth-order valence-corrected chi connectivity index (χ4v) is 1.40. The molecule has 0 aliphatic carbocycles. The Kier molecular flexibility index (Phi) is 3.06. The van der Waals surface area contributed by atoms with Gasteiger partial charge in [-0.25, -0.2) is 0 Å². The molecule has 1 aromatic heterocycles. The number of rotatable bonds is 3. The Labute approximate surface area is 84.1 Å². The van der Waals surface area contributed by atoms with Crippen LogP contribution >= 0.6 is 0 Å². The van der Waals surface area contributed by atoms with Crippen molar-refractivity contribution in [3.05, 3.63) is 24.0 Å². The number of aliphatic carboxylic acids is 1. The maximum Gasteiger partial charge on any atom is 0.397 e. The molecule has 0 bridgehead atoms. The summed E-state index contributed by atoms with van der Waals surface area (Å²) in [5.41, 5.74) is -0.0371. The van der Waals surface area contributed by atoms with Crippen molar-refractivity contribution in [1.82, 2.24) is 4.57 Å². The Hall–Kier alpha value is -1.46. The number of aryl methyl sites for hydroxylation is 1. The summed E-state index contributed by atoms with van der Waals surface area (Å²) in [6, 6.07) is 2.73. The van der Waals surface area contributed by atoms with Crippen LogP contribution in [0.4, 0.5) is 13.2 Å². The molecule has 0 amide bonds. The van der Waals surface area contributed by atoms with Crippen LogP contribution < -0.4 is 0 Å². The fourth-order valence-electron chi connectivity index (χ4n) is 1.40. The molecular formula is C9H10F3NO2. The number of hydrogen-bond donors (Lipinski definition) is 1. The van der Waals surface area contributed by atoms with Crippen LogP contribution in [-0.2, 0) is 11.8 Å². The molecule has 0 saturated heterocycles. The molecule has 1 aromatic rings. The highest BCUT2D eigenvalue weighted by molar-refractivity contribution is 5.68. The molecule has 6 heteroatoms. The number of alkyl halides is 3. The minimum atomic E-state index is -4.54. The Morgan fingerprint density at radius 2 is 2.20 bits per heavy atom. The van der Waals surface area contributed by atoms with Gasteiger partial charge in [0.2, 0.25) is 0 Å². The SMILES string of the molecule is Cn1cccc1C(CC(=O)O)C(F)(F)F. The van der Waals surface area contributed by atoms with E-state index in [4.69, 9.17) is 5.11 Å². The first kappa shape index (κ1) is 11.6. The molecule has 0 saturated carbocycles. The van der Waals surface area contributed by atoms with Gasteiger partial charge in [0, 0.05) is 18.9 Å². The number of halogens is 3. The Balaban J connectivity index is 3.02. The van der Waals surface area contributed by atoms with Crippen LogP contribution in [0.5, 0.6) is 0 Å². The van der Waals surface area contributed by atoms with Crippen molar-refractivity contribution in [1.29, 1.82) is 0 Å². The maximum atomic E-state index is 12.5. The van der Waals surface area contributed by atoms with Crippen molar-refractivity contribution in [2.24, 2.45) is 7.05 Å². The summed E-state index contributed by atoms with van der Waals surface area (Å²) < 4.78 is 38.9. The zero-order chi connectivity index (χ0) is 11.6. The van der Waals surface area contributed by atoms with Gasteiger partial charge in [-0.15, -0.1) is 0 Å². The zero-order valence-electron chi connectivity index (χ0n) is 7.95. The van der Waals surface area contributed by atoms with Gasteiger partial charge in [-0.3, -0.25) is 4.79 Å². The molecule has 0 aliphatic heterocycles. The second-order valence-corrected chi connectivity index (χ2v) is 3.24. The fraction of sp³-hybridized carbons (Fsp3) is 0.444. The van der Waals surface area contributed by atoms with Crippen molar-refractivity contribution in [2.75, 3.05) is 0 Å². The molecule has 0 aromatic carbocycles. The van der Waals surface area contributed by atoms with Gasteiger partial charge >= 0.3 is 12.1 Å². The van der Waals surface area contributed by atoms with E-state index in [1.54, 1.807) is 0 Å². The summed E-state index contributed by atoms with van der Waals surface area (Å²) in [6.45, 7) is 0. The molecule has 0 radical (unpaired) electrons. The first-order valence-corrected chi connectivity index (χ1v) is 4.22. The normalized spacial score (nSPS) is 13.9. The largest absolute Gasteiger partial charge is 0.481 e. The highest BCUT2D eigenvalue weighted by Gasteiger charge is 2.43. The van der Waals surface area contributed by atoms with E-state index in [0.717, 1.165) is 0 Å². The molecule has 1 atom stereocenters. The third kappa shape index (κ3) is 2.74. The van der Waals surface area contributed by atoms with Crippen molar-refractivity contribution < 1.29 is 23.1 Å². The molecule has 0 fully saturated rings. The number of aromatic nitrogens is 1. The minimum absolute atomic E-state index is 0.0371. The predicted molar refractivity (Wildman–Crippen MR) is 46.5 cm³/mol. The van der Waals surface area contributed by atoms with Gasteiger partial charge in [0.25, 0.3) is 0 Å². The molecule has 1 rings (SSSR count). The van der Waals surface area contributed by atoms with Gasteiger partial charge in [0.15, 0.2) is 0 Å². The van der Waals surface area contributed by atoms with E-state index >= 15 is 0 Å². The van der Waals surface area contributed by atoms with Gasteiger partial charge in [0.05, 0.1) is 6.42 Å². The molecule has 0 spiro atoms. The number of carbonyl (C=O) groups is 1. The first-order chi connectivity index (χ1) is 6.82. The molecule has 3 nitrogen and oxygen atoms in total. The van der Waals surface area contributed by atoms with E-state index < -0.39 is 24.5 Å². The Bertz CT molecular complexity index is 356. The summed E-state index contributed by atoms with van der Waals surface area (Å²) >= 11 is 0. The number of nitrogens with zero attached hydrogens (tertiary/aromatic N) is 1. The van der Waals surface area contributed by atoms with E-state index in [1.165, 1.54) is 29.9 Å². The standard InChI is InChI=1S/C9H10F3NO2/c1-13-4-2-3-7(13)6(5-8(14)15)9(10,11)12/h2-4,6H,5H2,1H3,(H,14,15). The van der Waals surface area contributed by atoms with Gasteiger partial charge in [0.1, 0.15) is 5.92 Å². The highest BCUT2D eigenvalue weighted by Crippen LogP contribution is 2.37. The quantitative estimate of drug-likeness (QED) is 0.849. The van der Waals surface area contributed by atoms with Crippen molar-refractivity contribution in [3.8, 4) is 0 Å². The van der Waals surface area contributed by atoms with Crippen LogP contribution in [0.3, 0.4) is 0 Å². The van der Waals surface area contributed by atoms with Crippen molar-refractivity contribution in [2.45, 2.75) is 18.5 Å². The van der Waals surface area contributed by atoms with Gasteiger partial charge in [-0.1, -0.05) is 0 Å². The van der Waals surface area contributed by atoms with E-state index in [2.05, 4.69) is 0 Å². The topological polar surface area (TPSA) is 42.2 Å². The summed E-state index contributed by atoms with van der Waals surface area (Å²) in [5.74, 6) is -3.41. The summed E-state index contributed by atoms with van der Waals surface area (Å²) in [4.78, 5) is 10.4. The lowest BCUT2D eigenvalue weighted by Crippen LogP contribution is -2.25. The summed E-state index contributed by atoms with van der Waals surface area (Å²) in [6.07, 6.45) is -4.03. The Morgan fingerprint density at radius 3 is 2.53 bits per heavy atom. The molecule has 15 heavy (non-hydrogen) atoms. The second kappa shape index (κ2) is 3.96. The molecule has 84 valence electrons. The first-order valence-electron chi connectivity index (χ1n) is 4.22. The maximum absolute atomic E-state index is 12.5. The minimum Gasteiger partial charge on any atom is -0.481 e. The monoisotopic (exact) mass is 221 g/mol. The lowest BCUT2D eigenvalue weighted by molar-refractivity contribution is -0.164.